The number of likely N-dealkylation sites (tertiary alicyclic amines) is 1. The predicted octanol–water partition coefficient (Wildman–Crippen LogP) is 2.74. The van der Waals surface area contributed by atoms with Gasteiger partial charge in [0.25, 0.3) is 5.91 Å². The van der Waals surface area contributed by atoms with Crippen molar-refractivity contribution in [3.8, 4) is 17.2 Å². The normalized spacial score (nSPS) is 14.4. The van der Waals surface area contributed by atoms with Gasteiger partial charge < -0.3 is 24.4 Å². The summed E-state index contributed by atoms with van der Waals surface area (Å²) in [5.74, 6) is 1.26. The van der Waals surface area contributed by atoms with Gasteiger partial charge in [0.2, 0.25) is 11.7 Å². The lowest BCUT2D eigenvalue weighted by Gasteiger charge is -2.32. The van der Waals surface area contributed by atoms with Crippen LogP contribution in [0.25, 0.3) is 0 Å². The Hall–Kier alpha value is -2.74. The van der Waals surface area contributed by atoms with Crippen LogP contribution in [0.4, 0.5) is 0 Å². The van der Waals surface area contributed by atoms with E-state index in [0.717, 1.165) is 17.7 Å². The molecule has 1 aromatic carbocycles. The fourth-order valence-corrected chi connectivity index (χ4v) is 4.12. The lowest BCUT2D eigenvalue weighted by atomic mass is 10.0. The highest BCUT2D eigenvalue weighted by Crippen LogP contribution is 2.38. The Morgan fingerprint density at radius 2 is 1.76 bits per heavy atom. The van der Waals surface area contributed by atoms with Crippen LogP contribution in [0.3, 0.4) is 0 Å². The minimum absolute atomic E-state index is 0.0207. The zero-order valence-corrected chi connectivity index (χ0v) is 17.7. The SMILES string of the molecule is COc1cc(C(=O)NC2CCN(C(=O)Cc3cccs3)CC2)cc(OC)c1OC. The number of nitrogens with zero attached hydrogens (tertiary/aromatic N) is 1. The molecule has 156 valence electrons. The van der Waals surface area contributed by atoms with E-state index in [1.165, 1.54) is 21.3 Å². The van der Waals surface area contributed by atoms with Crippen LogP contribution in [0.5, 0.6) is 17.2 Å². The van der Waals surface area contributed by atoms with Crippen LogP contribution in [0.1, 0.15) is 28.1 Å². The van der Waals surface area contributed by atoms with Crippen LogP contribution in [0, 0.1) is 0 Å². The van der Waals surface area contributed by atoms with Crippen molar-refractivity contribution < 1.29 is 23.8 Å². The lowest BCUT2D eigenvalue weighted by molar-refractivity contribution is -0.131. The molecule has 1 aliphatic rings. The van der Waals surface area contributed by atoms with Gasteiger partial charge in [0.15, 0.2) is 11.5 Å². The number of methoxy groups -OCH3 is 3. The molecule has 0 unspecified atom stereocenters. The summed E-state index contributed by atoms with van der Waals surface area (Å²) in [6.45, 7) is 1.29. The minimum atomic E-state index is -0.201. The smallest absolute Gasteiger partial charge is 0.251 e. The summed E-state index contributed by atoms with van der Waals surface area (Å²) in [4.78, 5) is 28.1. The first-order chi connectivity index (χ1) is 14.0. The molecule has 7 nitrogen and oxygen atoms in total. The number of rotatable bonds is 7. The highest BCUT2D eigenvalue weighted by atomic mass is 32.1. The van der Waals surface area contributed by atoms with Crippen molar-refractivity contribution in [2.24, 2.45) is 0 Å². The summed E-state index contributed by atoms with van der Waals surface area (Å²) in [7, 11) is 4.55. The number of hydrogen-bond donors (Lipinski definition) is 1. The molecule has 3 rings (SSSR count). The molecule has 29 heavy (non-hydrogen) atoms. The third-order valence-electron chi connectivity index (χ3n) is 5.02. The molecule has 8 heteroatoms. The molecule has 0 atom stereocenters. The van der Waals surface area contributed by atoms with Crippen LogP contribution in [0.15, 0.2) is 29.6 Å². The summed E-state index contributed by atoms with van der Waals surface area (Å²) in [6, 6.07) is 7.23. The third-order valence-corrected chi connectivity index (χ3v) is 5.89. The van der Waals surface area contributed by atoms with Crippen LogP contribution in [-0.4, -0.2) is 57.2 Å². The highest BCUT2D eigenvalue weighted by Gasteiger charge is 2.25. The van der Waals surface area contributed by atoms with Crippen molar-refractivity contribution in [2.75, 3.05) is 34.4 Å². The lowest BCUT2D eigenvalue weighted by Crippen LogP contribution is -2.46. The molecule has 1 saturated heterocycles. The largest absolute Gasteiger partial charge is 0.493 e. The Bertz CT molecular complexity index is 820. The first-order valence-corrected chi connectivity index (χ1v) is 10.3. The van der Waals surface area contributed by atoms with Crippen LogP contribution < -0.4 is 19.5 Å². The zero-order valence-electron chi connectivity index (χ0n) is 16.9. The maximum atomic E-state index is 12.7. The molecule has 0 spiro atoms. The summed E-state index contributed by atoms with van der Waals surface area (Å²) < 4.78 is 15.9. The van der Waals surface area contributed by atoms with E-state index in [1.54, 1.807) is 23.5 Å². The van der Waals surface area contributed by atoms with Crippen LogP contribution >= 0.6 is 11.3 Å². The highest BCUT2D eigenvalue weighted by molar-refractivity contribution is 7.10. The number of benzene rings is 1. The van der Waals surface area contributed by atoms with Gasteiger partial charge >= 0.3 is 0 Å². The first kappa shape index (κ1) is 21.0. The van der Waals surface area contributed by atoms with Crippen molar-refractivity contribution in [3.63, 3.8) is 0 Å². The number of nitrogens with one attached hydrogen (secondary N) is 1. The van der Waals surface area contributed by atoms with Gasteiger partial charge in [-0.1, -0.05) is 6.07 Å². The molecule has 2 amide bonds. The van der Waals surface area contributed by atoms with E-state index < -0.39 is 0 Å². The van der Waals surface area contributed by atoms with Gasteiger partial charge in [-0.3, -0.25) is 9.59 Å². The standard InChI is InChI=1S/C21H26N2O5S/c1-26-17-11-14(12-18(27-2)20(17)28-3)21(25)22-15-6-8-23(9-7-15)19(24)13-16-5-4-10-29-16/h4-5,10-12,15H,6-9,13H2,1-3H3,(H,22,25). The van der Waals surface area contributed by atoms with E-state index in [-0.39, 0.29) is 17.9 Å². The van der Waals surface area contributed by atoms with Gasteiger partial charge in [-0.25, -0.2) is 0 Å². The quantitative estimate of drug-likeness (QED) is 0.748. The van der Waals surface area contributed by atoms with Crippen molar-refractivity contribution >= 4 is 23.2 Å². The van der Waals surface area contributed by atoms with E-state index in [0.29, 0.717) is 42.3 Å². The Morgan fingerprint density at radius 1 is 1.10 bits per heavy atom. The number of piperidine rings is 1. The van der Waals surface area contributed by atoms with Crippen molar-refractivity contribution in [3.05, 3.63) is 40.1 Å². The Kier molecular flexibility index (Phi) is 6.98. The van der Waals surface area contributed by atoms with Crippen molar-refractivity contribution in [1.29, 1.82) is 0 Å². The molecule has 1 fully saturated rings. The molecule has 0 radical (unpaired) electrons. The summed E-state index contributed by atoms with van der Waals surface area (Å²) in [5.41, 5.74) is 0.440. The van der Waals surface area contributed by atoms with Gasteiger partial charge in [0.05, 0.1) is 27.8 Å². The minimum Gasteiger partial charge on any atom is -0.493 e. The first-order valence-electron chi connectivity index (χ1n) is 9.46. The van der Waals surface area contributed by atoms with Gasteiger partial charge in [0, 0.05) is 29.6 Å². The number of ether oxygens (including phenoxy) is 3. The average molecular weight is 419 g/mol. The second-order valence-corrected chi connectivity index (χ2v) is 7.83. The zero-order chi connectivity index (χ0) is 20.8. The second kappa shape index (κ2) is 9.65. The maximum absolute atomic E-state index is 12.7. The van der Waals surface area contributed by atoms with Gasteiger partial charge in [-0.15, -0.1) is 11.3 Å². The van der Waals surface area contributed by atoms with Crippen LogP contribution in [-0.2, 0) is 11.2 Å². The maximum Gasteiger partial charge on any atom is 0.251 e. The number of thiophene rings is 1. The Morgan fingerprint density at radius 3 is 2.28 bits per heavy atom. The fourth-order valence-electron chi connectivity index (χ4n) is 3.43. The number of hydrogen-bond acceptors (Lipinski definition) is 6. The van der Waals surface area contributed by atoms with Crippen molar-refractivity contribution in [2.45, 2.75) is 25.3 Å². The summed E-state index contributed by atoms with van der Waals surface area (Å²) >= 11 is 1.60. The molecular formula is C21H26N2O5S. The summed E-state index contributed by atoms with van der Waals surface area (Å²) in [6.07, 6.45) is 1.90. The Labute approximate surface area is 174 Å². The molecule has 0 saturated carbocycles. The van der Waals surface area contributed by atoms with E-state index >= 15 is 0 Å². The van der Waals surface area contributed by atoms with E-state index in [9.17, 15) is 9.59 Å². The van der Waals surface area contributed by atoms with E-state index in [1.807, 2.05) is 22.4 Å². The molecule has 2 heterocycles. The van der Waals surface area contributed by atoms with Gasteiger partial charge in [-0.2, -0.15) is 0 Å². The fraction of sp³-hybridized carbons (Fsp3) is 0.429. The third kappa shape index (κ3) is 5.00. The number of amides is 2. The topological polar surface area (TPSA) is 77.1 Å². The molecule has 2 aromatic rings. The number of carbonyl (C=O) groups excluding carboxylic acids is 2. The molecular weight excluding hydrogens is 392 g/mol. The van der Waals surface area contributed by atoms with E-state index in [2.05, 4.69) is 5.32 Å². The number of carbonyl (C=O) groups is 2. The predicted molar refractivity (Wildman–Crippen MR) is 111 cm³/mol. The average Bonchev–Trinajstić information content (AvgIpc) is 3.25. The Balaban J connectivity index is 1.57. The molecule has 1 aliphatic heterocycles. The van der Waals surface area contributed by atoms with Gasteiger partial charge in [0.1, 0.15) is 0 Å². The second-order valence-electron chi connectivity index (χ2n) is 6.80. The van der Waals surface area contributed by atoms with Crippen LogP contribution in [0.2, 0.25) is 0 Å². The summed E-state index contributed by atoms with van der Waals surface area (Å²) in [5, 5.41) is 5.03. The molecule has 0 bridgehead atoms. The monoisotopic (exact) mass is 418 g/mol. The van der Waals surface area contributed by atoms with Gasteiger partial charge in [-0.05, 0) is 36.4 Å². The van der Waals surface area contributed by atoms with E-state index in [4.69, 9.17) is 14.2 Å². The molecule has 1 N–H and O–H groups in total. The molecule has 0 aliphatic carbocycles. The van der Waals surface area contributed by atoms with Crippen molar-refractivity contribution in [1.82, 2.24) is 10.2 Å². The molecule has 1 aromatic heterocycles.